The van der Waals surface area contributed by atoms with E-state index >= 15 is 0 Å². The second-order valence-electron chi connectivity index (χ2n) is 6.32. The first-order valence-electron chi connectivity index (χ1n) is 8.30. The van der Waals surface area contributed by atoms with Gasteiger partial charge in [0.2, 0.25) is 0 Å². The molecule has 5 N–H and O–H groups in total. The first-order valence-corrected chi connectivity index (χ1v) is 8.68. The number of hydrogen-bond acceptors (Lipinski definition) is 6. The van der Waals surface area contributed by atoms with Crippen LogP contribution in [0.2, 0.25) is 5.02 Å². The van der Waals surface area contributed by atoms with Crippen molar-refractivity contribution in [3.05, 3.63) is 73.5 Å². The largest absolute Gasteiger partial charge is 0.382 e. The fourth-order valence-electron chi connectivity index (χ4n) is 2.98. The highest BCUT2D eigenvalue weighted by atomic mass is 35.5. The molecule has 4 aromatic rings. The number of nitrogens with one attached hydrogen (secondary N) is 3. The number of nitrogens with zero attached hydrogens (tertiary/aromatic N) is 1. The lowest BCUT2D eigenvalue weighted by Crippen LogP contribution is -2.37. The van der Waals surface area contributed by atoms with Gasteiger partial charge in [-0.15, -0.1) is 0 Å². The monoisotopic (exact) mass is 381 g/mol. The van der Waals surface area contributed by atoms with Crippen LogP contribution in [-0.2, 0) is 0 Å². The Bertz CT molecular complexity index is 1220. The third-order valence-electron chi connectivity index (χ3n) is 4.48. The molecule has 136 valence electrons. The van der Waals surface area contributed by atoms with Crippen molar-refractivity contribution in [2.75, 3.05) is 16.4 Å². The molecule has 1 heterocycles. The number of benzene rings is 2. The first-order chi connectivity index (χ1) is 12.9. The number of anilines is 4. The zero-order valence-electron chi connectivity index (χ0n) is 14.3. The van der Waals surface area contributed by atoms with Gasteiger partial charge >= 0.3 is 0 Å². The summed E-state index contributed by atoms with van der Waals surface area (Å²) in [4.78, 5) is 24.1. The number of nitrogen functional groups attached to an aromatic ring is 1. The summed E-state index contributed by atoms with van der Waals surface area (Å²) < 4.78 is 0. The molecule has 0 fully saturated rings. The molecule has 0 aliphatic rings. The van der Waals surface area contributed by atoms with Crippen molar-refractivity contribution in [1.82, 2.24) is 10.2 Å². The van der Waals surface area contributed by atoms with Crippen molar-refractivity contribution in [2.45, 2.75) is 13.0 Å². The number of rotatable bonds is 5. The summed E-state index contributed by atoms with van der Waals surface area (Å²) in [5.74, 6) is 0.367. The molecule has 8 heteroatoms. The molecular formula is C19H16ClN5O2. The van der Waals surface area contributed by atoms with Gasteiger partial charge in [-0.3, -0.25) is 14.7 Å². The molecule has 27 heavy (non-hydrogen) atoms. The molecule has 1 atom stereocenters. The molecule has 3 aromatic carbocycles. The van der Waals surface area contributed by atoms with Gasteiger partial charge in [0.05, 0.1) is 5.52 Å². The highest BCUT2D eigenvalue weighted by Gasteiger charge is 2.23. The van der Waals surface area contributed by atoms with Crippen LogP contribution in [0.5, 0.6) is 0 Å². The van der Waals surface area contributed by atoms with Gasteiger partial charge in [0.1, 0.15) is 11.4 Å². The van der Waals surface area contributed by atoms with Crippen molar-refractivity contribution in [3.8, 4) is 0 Å². The highest BCUT2D eigenvalue weighted by molar-refractivity contribution is 6.30. The summed E-state index contributed by atoms with van der Waals surface area (Å²) in [5.41, 5.74) is 7.54. The molecule has 0 aliphatic carbocycles. The van der Waals surface area contributed by atoms with Gasteiger partial charge in [-0.2, -0.15) is 5.10 Å². The van der Waals surface area contributed by atoms with Gasteiger partial charge in [0.25, 0.3) is 10.9 Å². The maximum absolute atomic E-state index is 12.1. The molecular weight excluding hydrogens is 366 g/mol. The predicted octanol–water partition coefficient (Wildman–Crippen LogP) is 3.31. The Morgan fingerprint density at radius 3 is 2.67 bits per heavy atom. The van der Waals surface area contributed by atoms with E-state index in [1.165, 1.54) is 0 Å². The number of H-pyrrole nitrogens is 1. The van der Waals surface area contributed by atoms with Gasteiger partial charge in [0.15, 0.2) is 5.82 Å². The SMILES string of the molecule is C[C@@H](Nc1c(Nc2ccc3[nH]nc(N)c3c2)c(=O)c1=O)c1cccc(Cl)c1. The smallest absolute Gasteiger partial charge is 0.253 e. The minimum atomic E-state index is -0.559. The predicted molar refractivity (Wildman–Crippen MR) is 109 cm³/mol. The maximum atomic E-state index is 12.1. The second kappa shape index (κ2) is 6.44. The summed E-state index contributed by atoms with van der Waals surface area (Å²) in [7, 11) is 0. The molecule has 0 saturated carbocycles. The molecule has 0 unspecified atom stereocenters. The molecule has 0 aliphatic heterocycles. The zero-order chi connectivity index (χ0) is 19.1. The van der Waals surface area contributed by atoms with E-state index < -0.39 is 10.9 Å². The van der Waals surface area contributed by atoms with Crippen LogP contribution in [0.3, 0.4) is 0 Å². The van der Waals surface area contributed by atoms with Crippen LogP contribution in [0.15, 0.2) is 52.1 Å². The summed E-state index contributed by atoms with van der Waals surface area (Å²) in [6.45, 7) is 1.89. The van der Waals surface area contributed by atoms with Gasteiger partial charge in [-0.05, 0) is 42.8 Å². The van der Waals surface area contributed by atoms with E-state index in [2.05, 4.69) is 20.8 Å². The van der Waals surface area contributed by atoms with Crippen molar-refractivity contribution in [2.24, 2.45) is 0 Å². The second-order valence-corrected chi connectivity index (χ2v) is 6.76. The Balaban J connectivity index is 1.61. The van der Waals surface area contributed by atoms with E-state index in [4.69, 9.17) is 17.3 Å². The average Bonchev–Trinajstić information content (AvgIpc) is 3.04. The molecule has 0 saturated heterocycles. The summed E-state index contributed by atoms with van der Waals surface area (Å²) >= 11 is 6.02. The van der Waals surface area contributed by atoms with Gasteiger partial charge in [-0.1, -0.05) is 23.7 Å². The number of fused-ring (bicyclic) bond motifs is 1. The lowest BCUT2D eigenvalue weighted by atomic mass is 10.1. The molecule has 0 radical (unpaired) electrons. The Kier molecular flexibility index (Phi) is 4.08. The minimum absolute atomic E-state index is 0.195. The number of nitrogens with two attached hydrogens (primary N) is 1. The van der Waals surface area contributed by atoms with Crippen LogP contribution in [0, 0.1) is 0 Å². The fourth-order valence-corrected chi connectivity index (χ4v) is 3.18. The molecule has 7 nitrogen and oxygen atoms in total. The van der Waals surface area contributed by atoms with Crippen LogP contribution in [0.25, 0.3) is 10.9 Å². The van der Waals surface area contributed by atoms with E-state index in [-0.39, 0.29) is 17.4 Å². The lowest BCUT2D eigenvalue weighted by Gasteiger charge is -2.20. The third-order valence-corrected chi connectivity index (χ3v) is 4.72. The quantitative estimate of drug-likeness (QED) is 0.394. The Morgan fingerprint density at radius 1 is 1.11 bits per heavy atom. The number of halogens is 1. The van der Waals surface area contributed by atoms with E-state index in [1.54, 1.807) is 24.3 Å². The number of aromatic amines is 1. The average molecular weight is 382 g/mol. The van der Waals surface area contributed by atoms with Crippen LogP contribution in [0.4, 0.5) is 22.9 Å². The zero-order valence-corrected chi connectivity index (χ0v) is 15.1. The van der Waals surface area contributed by atoms with Gasteiger partial charge in [-0.25, -0.2) is 0 Å². The van der Waals surface area contributed by atoms with Crippen molar-refractivity contribution < 1.29 is 0 Å². The Morgan fingerprint density at radius 2 is 1.89 bits per heavy atom. The first kappa shape index (κ1) is 17.1. The summed E-state index contributed by atoms with van der Waals surface area (Å²) in [6, 6.07) is 12.5. The van der Waals surface area contributed by atoms with Crippen LogP contribution in [-0.4, -0.2) is 10.2 Å². The fraction of sp³-hybridized carbons (Fsp3) is 0.105. The Labute approximate surface area is 158 Å². The molecule has 0 bridgehead atoms. The van der Waals surface area contributed by atoms with Crippen LogP contribution in [0.1, 0.15) is 18.5 Å². The van der Waals surface area contributed by atoms with Gasteiger partial charge < -0.3 is 16.4 Å². The van der Waals surface area contributed by atoms with Crippen molar-refractivity contribution >= 4 is 45.4 Å². The van der Waals surface area contributed by atoms with Crippen LogP contribution < -0.4 is 27.2 Å². The van der Waals surface area contributed by atoms with Crippen LogP contribution >= 0.6 is 11.6 Å². The van der Waals surface area contributed by atoms with E-state index in [0.29, 0.717) is 16.5 Å². The molecule has 4 rings (SSSR count). The van der Waals surface area contributed by atoms with E-state index in [1.807, 2.05) is 25.1 Å². The van der Waals surface area contributed by atoms with Crippen molar-refractivity contribution in [3.63, 3.8) is 0 Å². The summed E-state index contributed by atoms with van der Waals surface area (Å²) in [6.07, 6.45) is 0. The van der Waals surface area contributed by atoms with E-state index in [0.717, 1.165) is 16.5 Å². The third kappa shape index (κ3) is 3.02. The van der Waals surface area contributed by atoms with Gasteiger partial charge in [0, 0.05) is 22.1 Å². The van der Waals surface area contributed by atoms with Crippen molar-refractivity contribution in [1.29, 1.82) is 0 Å². The number of hydrogen-bond donors (Lipinski definition) is 4. The molecule has 0 amide bonds. The summed E-state index contributed by atoms with van der Waals surface area (Å²) in [5, 5.41) is 14.2. The van der Waals surface area contributed by atoms with E-state index in [9.17, 15) is 9.59 Å². The normalized spacial score (nSPS) is 12.4. The highest BCUT2D eigenvalue weighted by Crippen LogP contribution is 2.28. The minimum Gasteiger partial charge on any atom is -0.382 e. The number of aromatic nitrogens is 2. The molecule has 1 aromatic heterocycles. The lowest BCUT2D eigenvalue weighted by molar-refractivity contribution is 0.880. The Hall–Kier alpha value is -3.32. The standard InChI is InChI=1S/C19H16ClN5O2/c1-9(10-3-2-4-11(20)7-10)22-15-16(18(27)17(15)26)23-12-5-6-14-13(8-12)19(21)25-24-14/h2-9,22-23H,1H3,(H3,21,24,25)/t9-/m1/s1. The maximum Gasteiger partial charge on any atom is 0.253 e. The topological polar surface area (TPSA) is 113 Å². The molecule has 0 spiro atoms.